The molecule has 1 fully saturated rings. The molecule has 0 aromatic carbocycles. The number of pyridine rings is 1. The molecular weight excluding hydrogens is 214 g/mol. The number of nitrogens with zero attached hydrogens (tertiary/aromatic N) is 3. The Hall–Kier alpha value is -1.60. The molecule has 1 aliphatic rings. The summed E-state index contributed by atoms with van der Waals surface area (Å²) in [4.78, 5) is 6.38. The molecule has 17 heavy (non-hydrogen) atoms. The lowest BCUT2D eigenvalue weighted by Gasteiger charge is -2.33. The first kappa shape index (κ1) is 11.9. The third-order valence-electron chi connectivity index (χ3n) is 3.01. The van der Waals surface area contributed by atoms with E-state index in [1.54, 1.807) is 12.3 Å². The van der Waals surface area contributed by atoms with E-state index >= 15 is 0 Å². The Labute approximate surface area is 102 Å². The zero-order valence-corrected chi connectivity index (χ0v) is 10.1. The predicted octanol–water partition coefficient (Wildman–Crippen LogP) is 1.96. The molecule has 1 aromatic heterocycles. The average Bonchev–Trinajstić information content (AvgIpc) is 2.40. The Morgan fingerprint density at radius 1 is 1.59 bits per heavy atom. The van der Waals surface area contributed by atoms with Gasteiger partial charge in [0, 0.05) is 19.7 Å². The molecule has 0 aliphatic carbocycles. The van der Waals surface area contributed by atoms with Crippen LogP contribution in [-0.4, -0.2) is 30.8 Å². The fourth-order valence-corrected chi connectivity index (χ4v) is 2.18. The van der Waals surface area contributed by atoms with Crippen molar-refractivity contribution in [3.63, 3.8) is 0 Å². The van der Waals surface area contributed by atoms with Gasteiger partial charge in [-0.25, -0.2) is 4.98 Å². The number of ether oxygens (including phenoxy) is 1. The second-order valence-electron chi connectivity index (χ2n) is 4.18. The van der Waals surface area contributed by atoms with Crippen molar-refractivity contribution in [1.29, 1.82) is 5.26 Å². The molecule has 4 heteroatoms. The minimum absolute atomic E-state index is 0.324. The molecule has 90 valence electrons. The van der Waals surface area contributed by atoms with Crippen LogP contribution in [0, 0.1) is 11.3 Å². The van der Waals surface area contributed by atoms with Gasteiger partial charge in [-0.2, -0.15) is 5.26 Å². The second kappa shape index (κ2) is 5.65. The van der Waals surface area contributed by atoms with Crippen molar-refractivity contribution in [2.45, 2.75) is 25.9 Å². The van der Waals surface area contributed by atoms with Gasteiger partial charge in [0.25, 0.3) is 0 Å². The summed E-state index contributed by atoms with van der Waals surface area (Å²) < 4.78 is 5.67. The number of anilines is 1. The van der Waals surface area contributed by atoms with E-state index in [9.17, 15) is 0 Å². The highest BCUT2D eigenvalue weighted by Crippen LogP contribution is 2.20. The number of nitriles is 1. The van der Waals surface area contributed by atoms with E-state index < -0.39 is 0 Å². The lowest BCUT2D eigenvalue weighted by atomic mass is 10.1. The smallest absolute Gasteiger partial charge is 0.140 e. The average molecular weight is 231 g/mol. The third-order valence-corrected chi connectivity index (χ3v) is 3.01. The molecule has 1 saturated heterocycles. The molecule has 1 atom stereocenters. The largest absolute Gasteiger partial charge is 0.377 e. The summed E-state index contributed by atoms with van der Waals surface area (Å²) in [7, 11) is 0. The first-order valence-corrected chi connectivity index (χ1v) is 6.06. The number of aromatic nitrogens is 1. The van der Waals surface area contributed by atoms with E-state index in [-0.39, 0.29) is 0 Å². The summed E-state index contributed by atoms with van der Waals surface area (Å²) in [6.45, 7) is 4.75. The molecule has 0 bridgehead atoms. The van der Waals surface area contributed by atoms with Crippen LogP contribution in [0.25, 0.3) is 0 Å². The highest BCUT2D eigenvalue weighted by Gasteiger charge is 2.20. The van der Waals surface area contributed by atoms with E-state index in [1.165, 1.54) is 0 Å². The lowest BCUT2D eigenvalue weighted by molar-refractivity contribution is 0.0526. The van der Waals surface area contributed by atoms with Gasteiger partial charge < -0.3 is 9.64 Å². The van der Waals surface area contributed by atoms with Crippen LogP contribution in [-0.2, 0) is 4.74 Å². The maximum Gasteiger partial charge on any atom is 0.140 e. The zero-order chi connectivity index (χ0) is 12.1. The van der Waals surface area contributed by atoms with Gasteiger partial charge in [0.05, 0.1) is 18.0 Å². The standard InChI is InChI=1S/C13H17N3O/c1-2-17-13-4-3-7-16(10-13)12-6-5-11(8-14)15-9-12/h5-6,9,13H,2-4,7,10H2,1H3. The van der Waals surface area contributed by atoms with Gasteiger partial charge >= 0.3 is 0 Å². The first-order chi connectivity index (χ1) is 8.33. The molecule has 2 rings (SSSR count). The van der Waals surface area contributed by atoms with E-state index in [4.69, 9.17) is 10.00 Å². The fourth-order valence-electron chi connectivity index (χ4n) is 2.18. The summed E-state index contributed by atoms with van der Waals surface area (Å²) in [5.74, 6) is 0. The highest BCUT2D eigenvalue weighted by molar-refractivity contribution is 5.46. The molecule has 0 spiro atoms. The zero-order valence-electron chi connectivity index (χ0n) is 10.1. The third kappa shape index (κ3) is 2.95. The topological polar surface area (TPSA) is 49.1 Å². The minimum Gasteiger partial charge on any atom is -0.377 e. The van der Waals surface area contributed by atoms with E-state index in [0.717, 1.165) is 38.2 Å². The predicted molar refractivity (Wildman–Crippen MR) is 65.8 cm³/mol. The minimum atomic E-state index is 0.324. The van der Waals surface area contributed by atoms with Crippen molar-refractivity contribution >= 4 is 5.69 Å². The summed E-state index contributed by atoms with van der Waals surface area (Å²) in [5.41, 5.74) is 1.54. The Morgan fingerprint density at radius 2 is 2.47 bits per heavy atom. The molecule has 4 nitrogen and oxygen atoms in total. The van der Waals surface area contributed by atoms with Gasteiger partial charge in [-0.1, -0.05) is 0 Å². The van der Waals surface area contributed by atoms with Crippen molar-refractivity contribution in [1.82, 2.24) is 4.98 Å². The van der Waals surface area contributed by atoms with Crippen LogP contribution in [0.15, 0.2) is 18.3 Å². The normalized spacial score (nSPS) is 20.0. The van der Waals surface area contributed by atoms with Crippen molar-refractivity contribution in [3.8, 4) is 6.07 Å². The first-order valence-electron chi connectivity index (χ1n) is 6.06. The summed E-state index contributed by atoms with van der Waals surface area (Å²) >= 11 is 0. The maximum atomic E-state index is 8.70. The van der Waals surface area contributed by atoms with Gasteiger partial charge in [0.2, 0.25) is 0 Å². The number of hydrogen-bond donors (Lipinski definition) is 0. The number of rotatable bonds is 3. The van der Waals surface area contributed by atoms with Crippen LogP contribution in [0.1, 0.15) is 25.5 Å². The van der Waals surface area contributed by atoms with E-state index in [1.807, 2.05) is 19.1 Å². The summed E-state index contributed by atoms with van der Waals surface area (Å²) in [6, 6.07) is 5.75. The second-order valence-corrected chi connectivity index (χ2v) is 4.18. The molecule has 1 aliphatic heterocycles. The van der Waals surface area contributed by atoms with Gasteiger partial charge in [-0.3, -0.25) is 0 Å². The summed E-state index contributed by atoms with van der Waals surface area (Å²) in [5, 5.41) is 8.70. The van der Waals surface area contributed by atoms with Crippen LogP contribution >= 0.6 is 0 Å². The molecule has 0 amide bonds. The Bertz CT molecular complexity index is 394. The van der Waals surface area contributed by atoms with Crippen LogP contribution < -0.4 is 4.90 Å². The maximum absolute atomic E-state index is 8.70. The quantitative estimate of drug-likeness (QED) is 0.798. The van der Waals surface area contributed by atoms with Gasteiger partial charge in [0.1, 0.15) is 11.8 Å². The summed E-state index contributed by atoms with van der Waals surface area (Å²) in [6.07, 6.45) is 4.37. The highest BCUT2D eigenvalue weighted by atomic mass is 16.5. The van der Waals surface area contributed by atoms with Crippen LogP contribution in [0.5, 0.6) is 0 Å². The lowest BCUT2D eigenvalue weighted by Crippen LogP contribution is -2.39. The Kier molecular flexibility index (Phi) is 3.94. The fraction of sp³-hybridized carbons (Fsp3) is 0.538. The molecule has 0 saturated carbocycles. The number of piperidine rings is 1. The van der Waals surface area contributed by atoms with Crippen molar-refractivity contribution in [3.05, 3.63) is 24.0 Å². The Balaban J connectivity index is 2.03. The molecule has 2 heterocycles. The van der Waals surface area contributed by atoms with Crippen LogP contribution in [0.2, 0.25) is 0 Å². The van der Waals surface area contributed by atoms with Gasteiger partial charge in [0.15, 0.2) is 0 Å². The molecule has 1 unspecified atom stereocenters. The van der Waals surface area contributed by atoms with Crippen molar-refractivity contribution in [2.24, 2.45) is 0 Å². The van der Waals surface area contributed by atoms with Gasteiger partial charge in [-0.05, 0) is 31.9 Å². The van der Waals surface area contributed by atoms with Crippen LogP contribution in [0.3, 0.4) is 0 Å². The van der Waals surface area contributed by atoms with Crippen molar-refractivity contribution < 1.29 is 4.74 Å². The monoisotopic (exact) mass is 231 g/mol. The molecule has 0 N–H and O–H groups in total. The molecular formula is C13H17N3O. The molecule has 0 radical (unpaired) electrons. The van der Waals surface area contributed by atoms with E-state index in [0.29, 0.717) is 11.8 Å². The van der Waals surface area contributed by atoms with Crippen molar-refractivity contribution in [2.75, 3.05) is 24.6 Å². The molecule has 1 aromatic rings. The van der Waals surface area contributed by atoms with Gasteiger partial charge in [-0.15, -0.1) is 0 Å². The number of hydrogen-bond acceptors (Lipinski definition) is 4. The SMILES string of the molecule is CCOC1CCCN(c2ccc(C#N)nc2)C1. The van der Waals surface area contributed by atoms with E-state index in [2.05, 4.69) is 9.88 Å². The van der Waals surface area contributed by atoms with Crippen LogP contribution in [0.4, 0.5) is 5.69 Å². The Morgan fingerprint density at radius 3 is 3.12 bits per heavy atom.